The van der Waals surface area contributed by atoms with E-state index in [1.165, 1.54) is 6.92 Å². The summed E-state index contributed by atoms with van der Waals surface area (Å²) in [4.78, 5) is 0. The van der Waals surface area contributed by atoms with Crippen LogP contribution in [0.3, 0.4) is 0 Å². The van der Waals surface area contributed by atoms with E-state index in [0.29, 0.717) is 5.69 Å². The Morgan fingerprint density at radius 2 is 2.06 bits per heavy atom. The number of nitrogens with one attached hydrogen (secondary N) is 1. The van der Waals surface area contributed by atoms with Crippen LogP contribution in [-0.2, 0) is 0 Å². The third-order valence-electron chi connectivity index (χ3n) is 2.58. The molecule has 0 radical (unpaired) electrons. The molecule has 1 unspecified atom stereocenters. The number of benzene rings is 1. The highest BCUT2D eigenvalue weighted by Crippen LogP contribution is 2.25. The van der Waals surface area contributed by atoms with Gasteiger partial charge in [0.05, 0.1) is 29.7 Å². The van der Waals surface area contributed by atoms with Crippen molar-refractivity contribution in [3.8, 4) is 0 Å². The number of hydrogen-bond donors (Lipinski definition) is 1. The molecule has 1 N–H and O–H groups in total. The number of hydrogen-bond acceptors (Lipinski definition) is 4. The molecule has 2 aromatic rings. The smallest absolute Gasteiger partial charge is 0.164 e. The Labute approximate surface area is 102 Å². The summed E-state index contributed by atoms with van der Waals surface area (Å²) in [6.45, 7) is 1.53. The lowest BCUT2D eigenvalue weighted by atomic mass is 10.0. The van der Waals surface area contributed by atoms with Crippen molar-refractivity contribution in [1.82, 2.24) is 14.1 Å². The van der Waals surface area contributed by atoms with Crippen LogP contribution in [0, 0.1) is 18.6 Å². The van der Waals surface area contributed by atoms with Crippen molar-refractivity contribution < 1.29 is 8.78 Å². The Bertz CT molecular complexity index is 514. The number of nitrogens with zero attached hydrogens (tertiary/aromatic N) is 2. The molecule has 0 saturated heterocycles. The SMILES string of the molecule is CNC(c1cnsn1)c1ccc(C)c(F)c1F. The van der Waals surface area contributed by atoms with Crippen LogP contribution in [0.5, 0.6) is 0 Å². The van der Waals surface area contributed by atoms with Crippen LogP contribution in [0.2, 0.25) is 0 Å². The second-order valence-corrected chi connectivity index (χ2v) is 4.21. The number of rotatable bonds is 3. The summed E-state index contributed by atoms with van der Waals surface area (Å²) in [5.41, 5.74) is 1.11. The van der Waals surface area contributed by atoms with Crippen LogP contribution in [0.25, 0.3) is 0 Å². The predicted octanol–water partition coefficient (Wildman–Crippen LogP) is 2.43. The second kappa shape index (κ2) is 4.85. The number of aromatic nitrogens is 2. The Morgan fingerprint density at radius 1 is 1.29 bits per heavy atom. The van der Waals surface area contributed by atoms with Crippen molar-refractivity contribution in [2.75, 3.05) is 7.05 Å². The lowest BCUT2D eigenvalue weighted by Crippen LogP contribution is -2.20. The fourth-order valence-corrected chi connectivity index (χ4v) is 2.09. The first-order valence-corrected chi connectivity index (χ1v) is 5.77. The molecule has 90 valence electrons. The summed E-state index contributed by atoms with van der Waals surface area (Å²) in [6, 6.07) is 2.63. The molecule has 0 aliphatic heterocycles. The Balaban J connectivity index is 2.49. The average molecular weight is 255 g/mol. The van der Waals surface area contributed by atoms with Gasteiger partial charge in [-0.15, -0.1) is 0 Å². The van der Waals surface area contributed by atoms with Gasteiger partial charge in [0.1, 0.15) is 0 Å². The van der Waals surface area contributed by atoms with Crippen molar-refractivity contribution in [3.63, 3.8) is 0 Å². The minimum Gasteiger partial charge on any atom is -0.308 e. The minimum absolute atomic E-state index is 0.239. The van der Waals surface area contributed by atoms with Crippen molar-refractivity contribution in [1.29, 1.82) is 0 Å². The maximum atomic E-state index is 13.8. The topological polar surface area (TPSA) is 37.8 Å². The number of aryl methyl sites for hydroxylation is 1. The highest BCUT2D eigenvalue weighted by Gasteiger charge is 2.21. The van der Waals surface area contributed by atoms with Crippen molar-refractivity contribution >= 4 is 11.7 Å². The average Bonchev–Trinajstić information content (AvgIpc) is 2.84. The monoisotopic (exact) mass is 255 g/mol. The van der Waals surface area contributed by atoms with E-state index in [0.717, 1.165) is 11.7 Å². The van der Waals surface area contributed by atoms with Gasteiger partial charge in [-0.3, -0.25) is 0 Å². The molecule has 0 saturated carbocycles. The van der Waals surface area contributed by atoms with E-state index in [2.05, 4.69) is 14.1 Å². The van der Waals surface area contributed by atoms with Gasteiger partial charge in [-0.05, 0) is 19.5 Å². The second-order valence-electron chi connectivity index (χ2n) is 3.65. The molecule has 0 fully saturated rings. The molecular weight excluding hydrogens is 244 g/mol. The minimum atomic E-state index is -0.836. The normalized spacial score (nSPS) is 12.7. The van der Waals surface area contributed by atoms with Gasteiger partial charge in [0.2, 0.25) is 0 Å². The Hall–Kier alpha value is -1.40. The van der Waals surface area contributed by atoms with Gasteiger partial charge in [0.25, 0.3) is 0 Å². The van der Waals surface area contributed by atoms with E-state index in [9.17, 15) is 8.78 Å². The van der Waals surface area contributed by atoms with Crippen LogP contribution in [0.1, 0.15) is 22.9 Å². The molecule has 1 atom stereocenters. The molecule has 2 rings (SSSR count). The van der Waals surface area contributed by atoms with E-state index in [1.807, 2.05) is 0 Å². The van der Waals surface area contributed by atoms with E-state index in [-0.39, 0.29) is 11.1 Å². The summed E-state index contributed by atoms with van der Waals surface area (Å²) >= 11 is 1.03. The number of halogens is 2. The van der Waals surface area contributed by atoms with Crippen molar-refractivity contribution in [3.05, 3.63) is 46.8 Å². The van der Waals surface area contributed by atoms with Crippen LogP contribution >= 0.6 is 11.7 Å². The van der Waals surface area contributed by atoms with Gasteiger partial charge < -0.3 is 5.32 Å². The third-order valence-corrected chi connectivity index (χ3v) is 3.07. The fourth-order valence-electron chi connectivity index (χ4n) is 1.65. The quantitative estimate of drug-likeness (QED) is 0.915. The zero-order chi connectivity index (χ0) is 12.4. The summed E-state index contributed by atoms with van der Waals surface area (Å²) in [7, 11) is 1.67. The summed E-state index contributed by atoms with van der Waals surface area (Å²) in [5, 5.41) is 2.91. The summed E-state index contributed by atoms with van der Waals surface area (Å²) in [5.74, 6) is -1.65. The van der Waals surface area contributed by atoms with E-state index >= 15 is 0 Å². The van der Waals surface area contributed by atoms with Gasteiger partial charge in [0.15, 0.2) is 11.6 Å². The maximum Gasteiger partial charge on any atom is 0.164 e. The maximum absolute atomic E-state index is 13.8. The molecule has 0 aliphatic rings. The van der Waals surface area contributed by atoms with Crippen LogP contribution in [0.4, 0.5) is 8.78 Å². The largest absolute Gasteiger partial charge is 0.308 e. The summed E-state index contributed by atoms with van der Waals surface area (Å²) in [6.07, 6.45) is 1.54. The van der Waals surface area contributed by atoms with E-state index in [4.69, 9.17) is 0 Å². The first-order valence-electron chi connectivity index (χ1n) is 5.04. The standard InChI is InChI=1S/C11H11F2N3S/c1-6-3-4-7(10(13)9(6)12)11(14-2)8-5-15-17-16-8/h3-5,11,14H,1-2H3. The van der Waals surface area contributed by atoms with E-state index < -0.39 is 17.7 Å². The molecule has 0 spiro atoms. The van der Waals surface area contributed by atoms with Crippen LogP contribution in [-0.4, -0.2) is 15.8 Å². The fraction of sp³-hybridized carbons (Fsp3) is 0.273. The third kappa shape index (κ3) is 2.18. The zero-order valence-corrected chi connectivity index (χ0v) is 10.2. The molecule has 0 amide bonds. The van der Waals surface area contributed by atoms with Gasteiger partial charge >= 0.3 is 0 Å². The Morgan fingerprint density at radius 3 is 2.65 bits per heavy atom. The molecule has 0 bridgehead atoms. The highest BCUT2D eigenvalue weighted by molar-refractivity contribution is 6.99. The predicted molar refractivity (Wildman–Crippen MR) is 61.9 cm³/mol. The Kier molecular flexibility index (Phi) is 3.44. The van der Waals surface area contributed by atoms with Crippen LogP contribution < -0.4 is 5.32 Å². The molecular formula is C11H11F2N3S. The van der Waals surface area contributed by atoms with Gasteiger partial charge in [-0.25, -0.2) is 8.78 Å². The molecule has 0 aliphatic carbocycles. The van der Waals surface area contributed by atoms with Gasteiger partial charge in [-0.1, -0.05) is 12.1 Å². The molecule has 1 aromatic carbocycles. The lowest BCUT2D eigenvalue weighted by Gasteiger charge is -2.15. The first-order chi connectivity index (χ1) is 8.15. The first kappa shape index (κ1) is 12.1. The molecule has 6 heteroatoms. The highest BCUT2D eigenvalue weighted by atomic mass is 32.1. The lowest BCUT2D eigenvalue weighted by molar-refractivity contribution is 0.481. The van der Waals surface area contributed by atoms with Crippen molar-refractivity contribution in [2.24, 2.45) is 0 Å². The summed E-state index contributed by atoms with van der Waals surface area (Å²) < 4.78 is 35.2. The zero-order valence-electron chi connectivity index (χ0n) is 9.37. The van der Waals surface area contributed by atoms with Gasteiger partial charge in [-0.2, -0.15) is 8.75 Å². The van der Waals surface area contributed by atoms with Crippen molar-refractivity contribution in [2.45, 2.75) is 13.0 Å². The van der Waals surface area contributed by atoms with Gasteiger partial charge in [0, 0.05) is 5.56 Å². The van der Waals surface area contributed by atoms with Crippen LogP contribution in [0.15, 0.2) is 18.3 Å². The van der Waals surface area contributed by atoms with E-state index in [1.54, 1.807) is 25.4 Å². The molecule has 1 aromatic heterocycles. The molecule has 1 heterocycles. The molecule has 17 heavy (non-hydrogen) atoms. The molecule has 3 nitrogen and oxygen atoms in total.